The summed E-state index contributed by atoms with van der Waals surface area (Å²) < 4.78 is 0. The normalized spacial score (nSPS) is 24.0. The maximum absolute atomic E-state index is 10.4. The van der Waals surface area contributed by atoms with Crippen LogP contribution in [0.2, 0.25) is 0 Å². The molecule has 0 spiro atoms. The van der Waals surface area contributed by atoms with Crippen molar-refractivity contribution in [2.75, 3.05) is 0 Å². The lowest BCUT2D eigenvalue weighted by atomic mass is 10.1. The van der Waals surface area contributed by atoms with Gasteiger partial charge in [0, 0.05) is 12.6 Å². The third-order valence-electron chi connectivity index (χ3n) is 1.31. The third-order valence-corrected chi connectivity index (χ3v) is 2.06. The minimum Gasteiger partial charge on any atom is -0.481 e. The van der Waals surface area contributed by atoms with Gasteiger partial charge in [-0.2, -0.15) is 0 Å². The molecule has 1 unspecified atom stereocenters. The van der Waals surface area contributed by atoms with Gasteiger partial charge in [0.15, 0.2) is 0 Å². The quantitative estimate of drug-likeness (QED) is 0.647. The highest BCUT2D eigenvalue weighted by Gasteiger charge is 2.21. The molecule has 5 heteroatoms. The molecule has 0 amide bonds. The second kappa shape index (κ2) is 3.24. The Morgan fingerprint density at radius 3 is 2.82 bits per heavy atom. The Morgan fingerprint density at radius 1 is 1.73 bits per heavy atom. The van der Waals surface area contributed by atoms with E-state index in [4.69, 9.17) is 28.3 Å². The maximum Gasteiger partial charge on any atom is 0.312 e. The van der Waals surface area contributed by atoms with Gasteiger partial charge in [-0.15, -0.1) is 0 Å². The van der Waals surface area contributed by atoms with Crippen LogP contribution in [0.5, 0.6) is 0 Å². The molecule has 11 heavy (non-hydrogen) atoms. The number of carbonyl (C=O) groups is 1. The van der Waals surface area contributed by atoms with Crippen LogP contribution in [0.4, 0.5) is 0 Å². The van der Waals surface area contributed by atoms with Crippen LogP contribution in [0.3, 0.4) is 0 Å². The van der Waals surface area contributed by atoms with E-state index in [-0.39, 0.29) is 11.6 Å². The Hall–Kier alpha value is -0.540. The molecule has 1 rings (SSSR count). The summed E-state index contributed by atoms with van der Waals surface area (Å²) >= 11 is 11.1. The molecule has 60 valence electrons. The molecule has 1 atom stereocenters. The first-order valence-electron chi connectivity index (χ1n) is 2.92. The summed E-state index contributed by atoms with van der Waals surface area (Å²) in [6, 6.07) is 0. The number of carboxylic acid groups (broad SMARTS) is 1. The molecule has 0 aliphatic carbocycles. The largest absolute Gasteiger partial charge is 0.481 e. The van der Waals surface area contributed by atoms with E-state index < -0.39 is 11.9 Å². The monoisotopic (exact) mass is 193 g/mol. The van der Waals surface area contributed by atoms with Crippen LogP contribution < -0.4 is 0 Å². The Balaban J connectivity index is 2.74. The van der Waals surface area contributed by atoms with Crippen LogP contribution in [-0.2, 0) is 4.79 Å². The highest BCUT2D eigenvalue weighted by molar-refractivity contribution is 6.39. The molecule has 0 radical (unpaired) electrons. The van der Waals surface area contributed by atoms with Crippen LogP contribution in [0.25, 0.3) is 0 Å². The van der Waals surface area contributed by atoms with Gasteiger partial charge in [-0.1, -0.05) is 23.2 Å². The van der Waals surface area contributed by atoms with E-state index >= 15 is 0 Å². The van der Waals surface area contributed by atoms with Crippen LogP contribution >= 0.6 is 23.2 Å². The van der Waals surface area contributed by atoms with Crippen LogP contribution in [0.15, 0.2) is 15.2 Å². The number of aliphatic imine (C=N–C) groups is 1. The Bertz CT molecular complexity index is 247. The van der Waals surface area contributed by atoms with Crippen molar-refractivity contribution in [1.82, 2.24) is 0 Å². The third kappa shape index (κ3) is 1.94. The lowest BCUT2D eigenvalue weighted by Crippen LogP contribution is -2.17. The minimum absolute atomic E-state index is 0.184. The van der Waals surface area contributed by atoms with Crippen molar-refractivity contribution >= 4 is 35.4 Å². The van der Waals surface area contributed by atoms with Crippen molar-refractivity contribution in [3.05, 3.63) is 10.2 Å². The second-order valence-corrected chi connectivity index (χ2v) is 2.94. The van der Waals surface area contributed by atoms with Crippen molar-refractivity contribution in [3.63, 3.8) is 0 Å². The number of hydrogen-bond donors (Lipinski definition) is 1. The first kappa shape index (κ1) is 8.56. The zero-order valence-electron chi connectivity index (χ0n) is 5.42. The fourth-order valence-corrected chi connectivity index (χ4v) is 1.06. The second-order valence-electron chi connectivity index (χ2n) is 2.12. The molecule has 1 N–H and O–H groups in total. The van der Waals surface area contributed by atoms with E-state index in [1.54, 1.807) is 0 Å². The number of hydrogen-bond acceptors (Lipinski definition) is 2. The average molecular weight is 194 g/mol. The predicted molar refractivity (Wildman–Crippen MR) is 43.0 cm³/mol. The molecule has 0 saturated carbocycles. The molecule has 0 fully saturated rings. The van der Waals surface area contributed by atoms with Gasteiger partial charge in [-0.25, -0.2) is 4.99 Å². The molecule has 0 aromatic heterocycles. The summed E-state index contributed by atoms with van der Waals surface area (Å²) in [5.74, 6) is -1.57. The molecule has 1 heterocycles. The lowest BCUT2D eigenvalue weighted by molar-refractivity contribution is -0.139. The van der Waals surface area contributed by atoms with Crippen molar-refractivity contribution in [2.45, 2.75) is 6.42 Å². The van der Waals surface area contributed by atoms with Gasteiger partial charge in [-0.3, -0.25) is 4.79 Å². The fraction of sp³-hybridized carbons (Fsp3) is 0.333. The Morgan fingerprint density at radius 2 is 2.36 bits per heavy atom. The maximum atomic E-state index is 10.4. The summed E-state index contributed by atoms with van der Waals surface area (Å²) in [6.45, 7) is 0. The van der Waals surface area contributed by atoms with Crippen LogP contribution in [0.1, 0.15) is 6.42 Å². The smallest absolute Gasteiger partial charge is 0.312 e. The summed E-state index contributed by atoms with van der Waals surface area (Å²) in [7, 11) is 0. The summed E-state index contributed by atoms with van der Waals surface area (Å²) in [4.78, 5) is 14.0. The number of nitrogens with zero attached hydrogens (tertiary/aromatic N) is 1. The summed E-state index contributed by atoms with van der Waals surface area (Å²) in [5.41, 5.74) is 0. The standard InChI is InChI=1S/C6H5Cl2NO2/c7-4-1-3(6(10)11)2-9-5(4)8/h2-3H,1H2,(H,10,11). The Labute approximate surface area is 73.3 Å². The molecule has 0 bridgehead atoms. The van der Waals surface area contributed by atoms with E-state index in [2.05, 4.69) is 4.99 Å². The number of allylic oxidation sites excluding steroid dienone is 1. The number of rotatable bonds is 1. The van der Waals surface area contributed by atoms with Crippen LogP contribution in [-0.4, -0.2) is 17.3 Å². The number of carboxylic acids is 1. The lowest BCUT2D eigenvalue weighted by Gasteiger charge is -2.10. The van der Waals surface area contributed by atoms with Crippen LogP contribution in [0, 0.1) is 5.92 Å². The van der Waals surface area contributed by atoms with Gasteiger partial charge in [0.05, 0.1) is 11.0 Å². The van der Waals surface area contributed by atoms with Gasteiger partial charge in [0.25, 0.3) is 0 Å². The van der Waals surface area contributed by atoms with Crippen molar-refractivity contribution in [2.24, 2.45) is 10.9 Å². The highest BCUT2D eigenvalue weighted by Crippen LogP contribution is 2.26. The molecule has 1 aliphatic heterocycles. The zero-order valence-corrected chi connectivity index (χ0v) is 6.93. The van der Waals surface area contributed by atoms with Gasteiger partial charge in [0.1, 0.15) is 5.16 Å². The van der Waals surface area contributed by atoms with E-state index in [0.717, 1.165) is 0 Å². The molecular formula is C6H5Cl2NO2. The van der Waals surface area contributed by atoms with E-state index in [0.29, 0.717) is 5.03 Å². The van der Waals surface area contributed by atoms with Gasteiger partial charge in [0.2, 0.25) is 0 Å². The first-order chi connectivity index (χ1) is 5.11. The topological polar surface area (TPSA) is 49.7 Å². The zero-order chi connectivity index (χ0) is 8.43. The predicted octanol–water partition coefficient (Wildman–Crippen LogP) is 1.81. The van der Waals surface area contributed by atoms with E-state index in [9.17, 15) is 4.79 Å². The summed E-state index contributed by atoms with van der Waals surface area (Å²) in [6.07, 6.45) is 1.52. The van der Waals surface area contributed by atoms with E-state index in [1.807, 2.05) is 0 Å². The molecular weight excluding hydrogens is 189 g/mol. The fourth-order valence-electron chi connectivity index (χ4n) is 0.707. The number of halogens is 2. The molecule has 0 saturated heterocycles. The van der Waals surface area contributed by atoms with Gasteiger partial charge >= 0.3 is 5.97 Å². The molecule has 0 aromatic rings. The van der Waals surface area contributed by atoms with Crippen molar-refractivity contribution in [3.8, 4) is 0 Å². The number of aliphatic carboxylic acids is 1. The summed E-state index contributed by atoms with van der Waals surface area (Å²) in [5, 5.41) is 9.02. The highest BCUT2D eigenvalue weighted by atomic mass is 35.5. The molecule has 1 aliphatic rings. The van der Waals surface area contributed by atoms with E-state index in [1.165, 1.54) is 6.21 Å². The molecule has 0 aromatic carbocycles. The molecule has 3 nitrogen and oxygen atoms in total. The van der Waals surface area contributed by atoms with Gasteiger partial charge < -0.3 is 5.11 Å². The van der Waals surface area contributed by atoms with Gasteiger partial charge in [-0.05, 0) is 0 Å². The van der Waals surface area contributed by atoms with Crippen molar-refractivity contribution < 1.29 is 9.90 Å². The minimum atomic E-state index is -0.934. The Kier molecular flexibility index (Phi) is 2.52. The van der Waals surface area contributed by atoms with Crippen molar-refractivity contribution in [1.29, 1.82) is 0 Å². The SMILES string of the molecule is O=C(O)C1C=NC(Cl)=C(Cl)C1. The average Bonchev–Trinajstić information content (AvgIpc) is 1.94. The first-order valence-corrected chi connectivity index (χ1v) is 3.68.